The first-order valence-corrected chi connectivity index (χ1v) is 3.52. The van der Waals surface area contributed by atoms with Gasteiger partial charge in [-0.25, -0.2) is 5.43 Å². The van der Waals surface area contributed by atoms with E-state index in [1.54, 1.807) is 12.4 Å². The van der Waals surface area contributed by atoms with Crippen LogP contribution in [0.2, 0.25) is 0 Å². The Labute approximate surface area is 65.1 Å². The van der Waals surface area contributed by atoms with E-state index < -0.39 is 0 Å². The maximum absolute atomic E-state index is 5.34. The highest BCUT2D eigenvalue weighted by atomic mass is 15.4. The number of rotatable bonds is 0. The molecule has 1 rings (SSSR count). The molecule has 0 radical (unpaired) electrons. The monoisotopic (exact) mass is 153 g/mol. The number of nitrogens with zero attached hydrogens (tertiary/aromatic N) is 3. The van der Waals surface area contributed by atoms with Crippen LogP contribution in [0.4, 0.5) is 0 Å². The summed E-state index contributed by atoms with van der Waals surface area (Å²) in [6.07, 6.45) is 6.43. The van der Waals surface area contributed by atoms with Crippen molar-refractivity contribution in [1.82, 2.24) is 5.43 Å². The van der Waals surface area contributed by atoms with E-state index in [2.05, 4.69) is 20.7 Å². The molecule has 0 saturated heterocycles. The lowest BCUT2D eigenvalue weighted by Gasteiger charge is -1.96. The molecule has 1 aliphatic rings. The van der Waals surface area contributed by atoms with Gasteiger partial charge in [-0.2, -0.15) is 10.2 Å². The van der Waals surface area contributed by atoms with Gasteiger partial charge < -0.3 is 5.73 Å². The van der Waals surface area contributed by atoms with E-state index in [4.69, 9.17) is 5.73 Å². The van der Waals surface area contributed by atoms with Crippen molar-refractivity contribution in [3.05, 3.63) is 0 Å². The molecule has 0 unspecified atom stereocenters. The Kier molecular flexibility index (Phi) is 3.11. The Morgan fingerprint density at radius 1 is 1.36 bits per heavy atom. The van der Waals surface area contributed by atoms with Gasteiger partial charge in [-0.1, -0.05) is 0 Å². The fourth-order valence-electron chi connectivity index (χ4n) is 0.660. The zero-order valence-electron chi connectivity index (χ0n) is 6.20. The third-order valence-electron chi connectivity index (χ3n) is 1.18. The summed E-state index contributed by atoms with van der Waals surface area (Å²) in [5, 5.41) is 11.1. The van der Waals surface area contributed by atoms with Crippen molar-refractivity contribution < 1.29 is 0 Å². The SMILES string of the molecule is N/C1=N/N=C\CCC/C=N\N1. The molecule has 0 fully saturated rings. The minimum atomic E-state index is 0.222. The van der Waals surface area contributed by atoms with Crippen LogP contribution in [0, 0.1) is 0 Å². The molecule has 0 atom stereocenters. The number of hydrazone groups is 1. The fraction of sp³-hybridized carbons (Fsp3) is 0.500. The van der Waals surface area contributed by atoms with E-state index in [1.807, 2.05) is 0 Å². The Morgan fingerprint density at radius 3 is 3.09 bits per heavy atom. The molecular formula is C6H11N5. The molecule has 11 heavy (non-hydrogen) atoms. The first kappa shape index (κ1) is 7.71. The van der Waals surface area contributed by atoms with Gasteiger partial charge >= 0.3 is 0 Å². The Balaban J connectivity index is 2.52. The third-order valence-corrected chi connectivity index (χ3v) is 1.18. The maximum atomic E-state index is 5.34. The smallest absolute Gasteiger partial charge is 0.234 e. The summed E-state index contributed by atoms with van der Waals surface area (Å²) < 4.78 is 0. The predicted octanol–water partition coefficient (Wildman–Crippen LogP) is 0.0462. The fourth-order valence-corrected chi connectivity index (χ4v) is 0.660. The lowest BCUT2D eigenvalue weighted by atomic mass is 10.3. The van der Waals surface area contributed by atoms with Gasteiger partial charge in [-0.05, 0) is 19.3 Å². The van der Waals surface area contributed by atoms with Crippen molar-refractivity contribution in [2.24, 2.45) is 21.0 Å². The average Bonchev–Trinajstić information content (AvgIpc) is 2.03. The Hall–Kier alpha value is -1.39. The second-order valence-corrected chi connectivity index (χ2v) is 2.14. The van der Waals surface area contributed by atoms with Crippen LogP contribution in [0.15, 0.2) is 15.3 Å². The highest BCUT2D eigenvalue weighted by molar-refractivity contribution is 5.79. The van der Waals surface area contributed by atoms with Crippen molar-refractivity contribution in [3.8, 4) is 0 Å². The Bertz CT molecular complexity index is 193. The van der Waals surface area contributed by atoms with E-state index in [1.165, 1.54) is 0 Å². The summed E-state index contributed by atoms with van der Waals surface area (Å²) in [5.41, 5.74) is 7.87. The first-order valence-electron chi connectivity index (χ1n) is 3.52. The van der Waals surface area contributed by atoms with Crippen molar-refractivity contribution in [2.45, 2.75) is 19.3 Å². The van der Waals surface area contributed by atoms with Gasteiger partial charge in [0.2, 0.25) is 5.96 Å². The van der Waals surface area contributed by atoms with E-state index >= 15 is 0 Å². The molecule has 1 heterocycles. The molecule has 5 heteroatoms. The maximum Gasteiger partial charge on any atom is 0.234 e. The standard InChI is InChI=1S/C6H11N5/c7-6-10-8-4-2-1-3-5-9-11-6/h4-5H,1-3H2,(H3,7,10,11)/b8-4-,9-5-. The van der Waals surface area contributed by atoms with Crippen molar-refractivity contribution in [3.63, 3.8) is 0 Å². The summed E-state index contributed by atoms with van der Waals surface area (Å²) in [7, 11) is 0. The molecular weight excluding hydrogens is 142 g/mol. The molecule has 1 aliphatic heterocycles. The van der Waals surface area contributed by atoms with Crippen LogP contribution >= 0.6 is 0 Å². The zero-order chi connectivity index (χ0) is 7.94. The number of hydrogen-bond acceptors (Lipinski definition) is 5. The highest BCUT2D eigenvalue weighted by Crippen LogP contribution is 1.90. The van der Waals surface area contributed by atoms with Gasteiger partial charge in [0.05, 0.1) is 0 Å². The average molecular weight is 153 g/mol. The quantitative estimate of drug-likeness (QED) is 0.515. The molecule has 0 spiro atoms. The third kappa shape index (κ3) is 3.34. The zero-order valence-corrected chi connectivity index (χ0v) is 6.20. The van der Waals surface area contributed by atoms with Crippen LogP contribution in [-0.4, -0.2) is 18.4 Å². The molecule has 60 valence electrons. The highest BCUT2D eigenvalue weighted by Gasteiger charge is 1.87. The van der Waals surface area contributed by atoms with Crippen LogP contribution in [0.5, 0.6) is 0 Å². The first-order chi connectivity index (χ1) is 5.39. The number of nitrogens with two attached hydrogens (primary N) is 1. The van der Waals surface area contributed by atoms with E-state index in [0.717, 1.165) is 19.3 Å². The normalized spacial score (nSPS) is 29.3. The van der Waals surface area contributed by atoms with E-state index in [-0.39, 0.29) is 5.96 Å². The summed E-state index contributed by atoms with van der Waals surface area (Å²) in [5.74, 6) is 0.222. The molecule has 0 amide bonds. The largest absolute Gasteiger partial charge is 0.367 e. The summed E-state index contributed by atoms with van der Waals surface area (Å²) in [4.78, 5) is 0. The van der Waals surface area contributed by atoms with E-state index in [9.17, 15) is 0 Å². The van der Waals surface area contributed by atoms with Crippen LogP contribution in [-0.2, 0) is 0 Å². The second kappa shape index (κ2) is 4.43. The van der Waals surface area contributed by atoms with Crippen LogP contribution < -0.4 is 11.2 Å². The van der Waals surface area contributed by atoms with Crippen molar-refractivity contribution in [2.75, 3.05) is 0 Å². The van der Waals surface area contributed by atoms with Gasteiger partial charge in [0, 0.05) is 12.4 Å². The summed E-state index contributed by atoms with van der Waals surface area (Å²) in [6.45, 7) is 0. The number of nitrogens with one attached hydrogen (secondary N) is 1. The number of hydrogen-bond donors (Lipinski definition) is 2. The minimum absolute atomic E-state index is 0.222. The Morgan fingerprint density at radius 2 is 2.18 bits per heavy atom. The van der Waals surface area contributed by atoms with Gasteiger partial charge in [0.25, 0.3) is 0 Å². The van der Waals surface area contributed by atoms with Crippen LogP contribution in [0.1, 0.15) is 19.3 Å². The molecule has 0 bridgehead atoms. The second-order valence-electron chi connectivity index (χ2n) is 2.14. The molecule has 5 nitrogen and oxygen atoms in total. The lowest BCUT2D eigenvalue weighted by molar-refractivity contribution is 0.906. The lowest BCUT2D eigenvalue weighted by Crippen LogP contribution is -2.26. The van der Waals surface area contributed by atoms with Gasteiger partial charge in [-0.15, -0.1) is 5.10 Å². The van der Waals surface area contributed by atoms with Crippen LogP contribution in [0.25, 0.3) is 0 Å². The molecule has 0 aromatic rings. The molecule has 0 aliphatic carbocycles. The van der Waals surface area contributed by atoms with Crippen LogP contribution in [0.3, 0.4) is 0 Å². The van der Waals surface area contributed by atoms with E-state index in [0.29, 0.717) is 0 Å². The molecule has 0 aromatic carbocycles. The van der Waals surface area contributed by atoms with Gasteiger partial charge in [0.1, 0.15) is 0 Å². The topological polar surface area (TPSA) is 75.1 Å². The van der Waals surface area contributed by atoms with Crippen molar-refractivity contribution >= 4 is 18.4 Å². The number of guanidine groups is 1. The van der Waals surface area contributed by atoms with Crippen molar-refractivity contribution in [1.29, 1.82) is 0 Å². The minimum Gasteiger partial charge on any atom is -0.367 e. The molecule has 0 saturated carbocycles. The van der Waals surface area contributed by atoms with Gasteiger partial charge in [-0.3, -0.25) is 0 Å². The summed E-state index contributed by atoms with van der Waals surface area (Å²) >= 11 is 0. The summed E-state index contributed by atoms with van der Waals surface area (Å²) in [6, 6.07) is 0. The van der Waals surface area contributed by atoms with Gasteiger partial charge in [0.15, 0.2) is 0 Å². The molecule has 0 aromatic heterocycles. The predicted molar refractivity (Wildman–Crippen MR) is 45.6 cm³/mol. The molecule has 3 N–H and O–H groups in total.